The Morgan fingerprint density at radius 2 is 1.50 bits per heavy atom. The van der Waals surface area contributed by atoms with Crippen LogP contribution in [0.15, 0.2) is 37.0 Å². The second-order valence-electron chi connectivity index (χ2n) is 5.04. The molecule has 0 saturated carbocycles. The van der Waals surface area contributed by atoms with E-state index in [9.17, 15) is 14.4 Å². The van der Waals surface area contributed by atoms with Gasteiger partial charge in [0.1, 0.15) is 0 Å². The molecule has 0 fully saturated rings. The summed E-state index contributed by atoms with van der Waals surface area (Å²) < 4.78 is 0. The van der Waals surface area contributed by atoms with E-state index in [1.807, 2.05) is 0 Å². The minimum Gasteiger partial charge on any atom is -0.394 e. The third kappa shape index (κ3) is 10.4. The van der Waals surface area contributed by atoms with Gasteiger partial charge in [-0.1, -0.05) is 18.7 Å². The molecule has 122 valence electrons. The second-order valence-corrected chi connectivity index (χ2v) is 5.04. The van der Waals surface area contributed by atoms with Crippen LogP contribution >= 0.6 is 0 Å². The maximum Gasteiger partial charge on any atom is 0.244 e. The first-order valence-electron chi connectivity index (χ1n) is 6.76. The number of allylic oxidation sites excluding steroid dienone is 2. The highest BCUT2D eigenvalue weighted by molar-refractivity contribution is 5.90. The average molecular weight is 309 g/mol. The number of hydrogen-bond acceptors (Lipinski definition) is 4. The van der Waals surface area contributed by atoms with Crippen molar-refractivity contribution >= 4 is 17.7 Å². The highest BCUT2D eigenvalue weighted by atomic mass is 16.3. The van der Waals surface area contributed by atoms with E-state index >= 15 is 0 Å². The van der Waals surface area contributed by atoms with Crippen LogP contribution in [0.25, 0.3) is 0 Å². The molecule has 0 saturated heterocycles. The number of nitrogens with one attached hydrogen (secondary N) is 3. The molecule has 0 aromatic heterocycles. The minimum atomic E-state index is -0.696. The third-order valence-electron chi connectivity index (χ3n) is 2.37. The van der Waals surface area contributed by atoms with E-state index in [-0.39, 0.29) is 30.9 Å². The Balaban J connectivity index is 3.98. The van der Waals surface area contributed by atoms with Crippen molar-refractivity contribution in [3.05, 3.63) is 37.0 Å². The molecule has 0 atom stereocenters. The zero-order valence-electron chi connectivity index (χ0n) is 12.9. The summed E-state index contributed by atoms with van der Waals surface area (Å²) in [7, 11) is 0. The molecule has 0 heterocycles. The van der Waals surface area contributed by atoms with Crippen LogP contribution in [-0.4, -0.2) is 48.1 Å². The predicted molar refractivity (Wildman–Crippen MR) is 83.8 cm³/mol. The van der Waals surface area contributed by atoms with Gasteiger partial charge < -0.3 is 21.1 Å². The molecular formula is C15H23N3O4. The SMILES string of the molecule is C=CC(=O)NCCNC(=O)/C=C/C=C/C(=O)NC(C)(C)CO. The molecule has 0 rings (SSSR count). The molecular weight excluding hydrogens is 286 g/mol. The molecule has 3 amide bonds. The van der Waals surface area contributed by atoms with E-state index in [0.717, 1.165) is 6.08 Å². The fourth-order valence-electron chi connectivity index (χ4n) is 1.20. The summed E-state index contributed by atoms with van der Waals surface area (Å²) in [6.45, 7) is 7.10. The fraction of sp³-hybridized carbons (Fsp3) is 0.400. The lowest BCUT2D eigenvalue weighted by Gasteiger charge is -2.22. The first kappa shape index (κ1) is 19.6. The first-order chi connectivity index (χ1) is 10.3. The van der Waals surface area contributed by atoms with Crippen LogP contribution in [0.5, 0.6) is 0 Å². The summed E-state index contributed by atoms with van der Waals surface area (Å²) in [5.41, 5.74) is -0.696. The van der Waals surface area contributed by atoms with Gasteiger partial charge in [-0.3, -0.25) is 14.4 Å². The van der Waals surface area contributed by atoms with Crippen LogP contribution in [0.1, 0.15) is 13.8 Å². The largest absolute Gasteiger partial charge is 0.394 e. The van der Waals surface area contributed by atoms with Crippen molar-refractivity contribution in [3.63, 3.8) is 0 Å². The van der Waals surface area contributed by atoms with Crippen molar-refractivity contribution in [2.24, 2.45) is 0 Å². The Kier molecular flexibility index (Phi) is 9.20. The standard InChI is InChI=1S/C15H23N3O4/c1-4-12(20)16-9-10-17-13(21)7-5-6-8-14(22)18-15(2,3)11-19/h4-8,19H,1,9-11H2,2-3H3,(H,16,20)(H,17,21)(H,18,22)/b7-5+,8-6+. The Bertz CT molecular complexity index is 467. The number of aliphatic hydroxyl groups is 1. The van der Waals surface area contributed by atoms with Gasteiger partial charge in [-0.05, 0) is 19.9 Å². The smallest absolute Gasteiger partial charge is 0.244 e. The molecule has 0 spiro atoms. The topological polar surface area (TPSA) is 108 Å². The monoisotopic (exact) mass is 309 g/mol. The van der Waals surface area contributed by atoms with E-state index in [2.05, 4.69) is 22.5 Å². The Morgan fingerprint density at radius 3 is 2.00 bits per heavy atom. The van der Waals surface area contributed by atoms with Crippen LogP contribution < -0.4 is 16.0 Å². The van der Waals surface area contributed by atoms with E-state index in [1.54, 1.807) is 13.8 Å². The normalized spacial score (nSPS) is 11.4. The zero-order valence-corrected chi connectivity index (χ0v) is 12.9. The molecule has 0 radical (unpaired) electrons. The Morgan fingerprint density at radius 1 is 1.00 bits per heavy atom. The van der Waals surface area contributed by atoms with E-state index in [1.165, 1.54) is 24.3 Å². The average Bonchev–Trinajstić information content (AvgIpc) is 2.47. The van der Waals surface area contributed by atoms with Gasteiger partial charge in [-0.25, -0.2) is 0 Å². The summed E-state index contributed by atoms with van der Waals surface area (Å²) in [6.07, 6.45) is 6.50. The molecule has 0 aliphatic carbocycles. The number of carbonyl (C=O) groups is 3. The van der Waals surface area contributed by atoms with Gasteiger partial charge in [0.15, 0.2) is 0 Å². The molecule has 7 heteroatoms. The number of amides is 3. The van der Waals surface area contributed by atoms with Crippen LogP contribution in [0.3, 0.4) is 0 Å². The van der Waals surface area contributed by atoms with Crippen LogP contribution in [0.4, 0.5) is 0 Å². The quantitative estimate of drug-likeness (QED) is 0.259. The third-order valence-corrected chi connectivity index (χ3v) is 2.37. The lowest BCUT2D eigenvalue weighted by molar-refractivity contribution is -0.118. The molecule has 0 unspecified atom stereocenters. The number of hydrogen-bond donors (Lipinski definition) is 4. The summed E-state index contributed by atoms with van der Waals surface area (Å²) >= 11 is 0. The second kappa shape index (κ2) is 10.3. The van der Waals surface area contributed by atoms with Crippen molar-refractivity contribution in [3.8, 4) is 0 Å². The number of carbonyl (C=O) groups excluding carboxylic acids is 3. The van der Waals surface area contributed by atoms with Gasteiger partial charge in [0.25, 0.3) is 0 Å². The van der Waals surface area contributed by atoms with Gasteiger partial charge in [-0.15, -0.1) is 0 Å². The number of rotatable bonds is 9. The van der Waals surface area contributed by atoms with Gasteiger partial charge in [0, 0.05) is 25.2 Å². The van der Waals surface area contributed by atoms with E-state index in [4.69, 9.17) is 5.11 Å². The molecule has 0 aliphatic heterocycles. The molecule has 0 aromatic carbocycles. The maximum atomic E-state index is 11.5. The van der Waals surface area contributed by atoms with Crippen LogP contribution in [0.2, 0.25) is 0 Å². The summed E-state index contributed by atoms with van der Waals surface area (Å²) in [5, 5.41) is 16.7. The highest BCUT2D eigenvalue weighted by Gasteiger charge is 2.17. The maximum absolute atomic E-state index is 11.5. The van der Waals surface area contributed by atoms with Gasteiger partial charge in [0.05, 0.1) is 12.1 Å². The molecule has 0 aliphatic rings. The molecule has 22 heavy (non-hydrogen) atoms. The van der Waals surface area contributed by atoms with Crippen molar-refractivity contribution < 1.29 is 19.5 Å². The first-order valence-corrected chi connectivity index (χ1v) is 6.76. The van der Waals surface area contributed by atoms with Crippen LogP contribution in [0, 0.1) is 0 Å². The van der Waals surface area contributed by atoms with Crippen molar-refractivity contribution in [2.75, 3.05) is 19.7 Å². The lowest BCUT2D eigenvalue weighted by atomic mass is 10.1. The summed E-state index contributed by atoms with van der Waals surface area (Å²) in [5.74, 6) is -1.01. The highest BCUT2D eigenvalue weighted by Crippen LogP contribution is 1.99. The minimum absolute atomic E-state index is 0.173. The molecule has 7 nitrogen and oxygen atoms in total. The van der Waals surface area contributed by atoms with Crippen molar-refractivity contribution in [2.45, 2.75) is 19.4 Å². The molecule has 0 aromatic rings. The van der Waals surface area contributed by atoms with Crippen molar-refractivity contribution in [1.29, 1.82) is 0 Å². The van der Waals surface area contributed by atoms with Crippen molar-refractivity contribution in [1.82, 2.24) is 16.0 Å². The Hall–Kier alpha value is -2.41. The summed E-state index contributed by atoms with van der Waals surface area (Å²) in [4.78, 5) is 33.7. The Labute approximate surface area is 130 Å². The predicted octanol–water partition coefficient (Wildman–Crippen LogP) is -0.596. The zero-order chi connectivity index (χ0) is 17.0. The summed E-state index contributed by atoms with van der Waals surface area (Å²) in [6, 6.07) is 0. The fourth-order valence-corrected chi connectivity index (χ4v) is 1.20. The van der Waals surface area contributed by atoms with Gasteiger partial charge >= 0.3 is 0 Å². The number of aliphatic hydroxyl groups excluding tert-OH is 1. The van der Waals surface area contributed by atoms with Gasteiger partial charge in [-0.2, -0.15) is 0 Å². The van der Waals surface area contributed by atoms with E-state index < -0.39 is 5.54 Å². The van der Waals surface area contributed by atoms with E-state index in [0.29, 0.717) is 6.54 Å². The van der Waals surface area contributed by atoms with Gasteiger partial charge in [0.2, 0.25) is 17.7 Å². The van der Waals surface area contributed by atoms with Crippen LogP contribution in [-0.2, 0) is 14.4 Å². The molecule has 0 bridgehead atoms. The lowest BCUT2D eigenvalue weighted by Crippen LogP contribution is -2.45. The molecule has 4 N–H and O–H groups in total.